The number of hydrazone groups is 1. The fourth-order valence-electron chi connectivity index (χ4n) is 2.81. The van der Waals surface area contributed by atoms with Crippen LogP contribution in [-0.2, 0) is 0 Å². The minimum absolute atomic E-state index is 0.130. The van der Waals surface area contributed by atoms with E-state index in [9.17, 15) is 19.7 Å². The molecule has 8 nitrogen and oxygen atoms in total. The van der Waals surface area contributed by atoms with Gasteiger partial charge in [0.25, 0.3) is 17.5 Å². The molecule has 2 N–H and O–H groups in total. The van der Waals surface area contributed by atoms with Gasteiger partial charge in [-0.1, -0.05) is 29.8 Å². The molecule has 0 aliphatic heterocycles. The zero-order valence-corrected chi connectivity index (χ0v) is 18.0. The number of carbonyl (C=O) groups excluding carboxylic acids is 2. The number of nitro groups is 1. The van der Waals surface area contributed by atoms with E-state index in [1.807, 2.05) is 0 Å². The van der Waals surface area contributed by atoms with Crippen molar-refractivity contribution in [2.75, 3.05) is 5.32 Å². The van der Waals surface area contributed by atoms with Gasteiger partial charge in [-0.15, -0.1) is 0 Å². The fraction of sp³-hybridized carbons (Fsp3) is 0.0870. The third-order valence-corrected chi connectivity index (χ3v) is 4.91. The van der Waals surface area contributed by atoms with Crippen LogP contribution in [0.2, 0.25) is 5.02 Å². The number of halogens is 1. The Morgan fingerprint density at radius 1 is 0.906 bits per heavy atom. The molecule has 162 valence electrons. The molecule has 0 aliphatic carbocycles. The first-order valence-corrected chi connectivity index (χ1v) is 9.89. The molecule has 0 radical (unpaired) electrons. The Morgan fingerprint density at radius 3 is 2.12 bits per heavy atom. The Morgan fingerprint density at radius 2 is 1.50 bits per heavy atom. The van der Waals surface area contributed by atoms with Crippen molar-refractivity contribution in [1.29, 1.82) is 0 Å². The maximum Gasteiger partial charge on any atom is 0.273 e. The van der Waals surface area contributed by atoms with Crippen molar-refractivity contribution < 1.29 is 14.5 Å². The second kappa shape index (κ2) is 9.84. The van der Waals surface area contributed by atoms with Crippen molar-refractivity contribution >= 4 is 40.5 Å². The number of anilines is 1. The van der Waals surface area contributed by atoms with E-state index in [4.69, 9.17) is 11.6 Å². The van der Waals surface area contributed by atoms with E-state index in [1.165, 1.54) is 18.2 Å². The molecule has 0 aromatic heterocycles. The number of nitro benzene ring substituents is 1. The predicted octanol–water partition coefficient (Wildman–Crippen LogP) is 4.96. The van der Waals surface area contributed by atoms with Gasteiger partial charge in [-0.05, 0) is 61.9 Å². The maximum atomic E-state index is 12.3. The highest BCUT2D eigenvalue weighted by molar-refractivity contribution is 6.30. The number of hydrogen-bond acceptors (Lipinski definition) is 5. The molecule has 0 saturated heterocycles. The van der Waals surface area contributed by atoms with Gasteiger partial charge in [-0.25, -0.2) is 5.43 Å². The lowest BCUT2D eigenvalue weighted by Gasteiger charge is -2.07. The van der Waals surface area contributed by atoms with Crippen molar-refractivity contribution in [3.8, 4) is 0 Å². The molecule has 32 heavy (non-hydrogen) atoms. The molecule has 9 heteroatoms. The molecule has 3 aromatic carbocycles. The summed E-state index contributed by atoms with van der Waals surface area (Å²) in [7, 11) is 0. The van der Waals surface area contributed by atoms with Crippen LogP contribution < -0.4 is 10.7 Å². The number of aryl methyl sites for hydroxylation is 1. The van der Waals surface area contributed by atoms with Gasteiger partial charge in [-0.3, -0.25) is 19.7 Å². The van der Waals surface area contributed by atoms with E-state index in [0.717, 1.165) is 5.56 Å². The average molecular weight is 451 g/mol. The van der Waals surface area contributed by atoms with Crippen LogP contribution in [0.25, 0.3) is 0 Å². The van der Waals surface area contributed by atoms with E-state index in [2.05, 4.69) is 15.8 Å². The Labute approximate surface area is 189 Å². The van der Waals surface area contributed by atoms with Crippen LogP contribution in [-0.4, -0.2) is 22.4 Å². The van der Waals surface area contributed by atoms with Gasteiger partial charge in [-0.2, -0.15) is 5.10 Å². The summed E-state index contributed by atoms with van der Waals surface area (Å²) in [5.74, 6) is -0.821. The standard InChI is InChI=1S/C23H19ClN4O4/c1-14-3-4-18(13-21(14)28(31)32)23(30)27-26-15(2)16-7-11-20(12-8-16)25-22(29)17-5-9-19(24)10-6-17/h3-13H,1-2H3,(H,25,29)(H,27,30). The van der Waals surface area contributed by atoms with Crippen molar-refractivity contribution in [1.82, 2.24) is 5.43 Å². The summed E-state index contributed by atoms with van der Waals surface area (Å²) in [6.07, 6.45) is 0. The Hall–Kier alpha value is -4.04. The van der Waals surface area contributed by atoms with E-state index in [-0.39, 0.29) is 17.2 Å². The SMILES string of the molecule is CC(=NNC(=O)c1ccc(C)c([N+](=O)[O-])c1)c1ccc(NC(=O)c2ccc(Cl)cc2)cc1. The molecule has 0 bridgehead atoms. The minimum atomic E-state index is -0.556. The minimum Gasteiger partial charge on any atom is -0.322 e. The number of hydrogen-bond donors (Lipinski definition) is 2. The lowest BCUT2D eigenvalue weighted by Crippen LogP contribution is -2.19. The quantitative estimate of drug-likeness (QED) is 0.313. The van der Waals surface area contributed by atoms with Gasteiger partial charge in [0, 0.05) is 33.5 Å². The highest BCUT2D eigenvalue weighted by Gasteiger charge is 2.15. The van der Waals surface area contributed by atoms with Gasteiger partial charge >= 0.3 is 0 Å². The summed E-state index contributed by atoms with van der Waals surface area (Å²) in [4.78, 5) is 35.1. The Bertz CT molecular complexity index is 1210. The van der Waals surface area contributed by atoms with Gasteiger partial charge in [0.15, 0.2) is 0 Å². The number of amides is 2. The molecule has 0 saturated carbocycles. The van der Waals surface area contributed by atoms with Crippen LogP contribution in [0.4, 0.5) is 11.4 Å². The monoisotopic (exact) mass is 450 g/mol. The van der Waals surface area contributed by atoms with E-state index >= 15 is 0 Å². The summed E-state index contributed by atoms with van der Waals surface area (Å²) < 4.78 is 0. The zero-order chi connectivity index (χ0) is 23.3. The molecule has 2 amide bonds. The first-order valence-electron chi connectivity index (χ1n) is 9.51. The molecule has 0 atom stereocenters. The normalized spacial score (nSPS) is 11.0. The number of nitrogens with zero attached hydrogens (tertiary/aromatic N) is 2. The highest BCUT2D eigenvalue weighted by Crippen LogP contribution is 2.19. The lowest BCUT2D eigenvalue weighted by atomic mass is 10.1. The first-order chi connectivity index (χ1) is 15.2. The van der Waals surface area contributed by atoms with Crippen LogP contribution in [0, 0.1) is 17.0 Å². The summed E-state index contributed by atoms with van der Waals surface area (Å²) in [6, 6.07) is 17.7. The largest absolute Gasteiger partial charge is 0.322 e. The van der Waals surface area contributed by atoms with E-state index in [0.29, 0.717) is 27.5 Å². The van der Waals surface area contributed by atoms with Gasteiger partial charge in [0.2, 0.25) is 0 Å². The maximum absolute atomic E-state index is 12.3. The topological polar surface area (TPSA) is 114 Å². The van der Waals surface area contributed by atoms with Crippen molar-refractivity contribution in [3.05, 3.63) is 104 Å². The van der Waals surface area contributed by atoms with Crippen molar-refractivity contribution in [2.45, 2.75) is 13.8 Å². The first kappa shape index (κ1) is 22.6. The molecular weight excluding hydrogens is 432 g/mol. The van der Waals surface area contributed by atoms with Crippen molar-refractivity contribution in [2.24, 2.45) is 5.10 Å². The molecule has 0 unspecified atom stereocenters. The summed E-state index contributed by atoms with van der Waals surface area (Å²) >= 11 is 5.83. The second-order valence-corrected chi connectivity index (χ2v) is 7.37. The molecule has 0 spiro atoms. The number of rotatable bonds is 6. The van der Waals surface area contributed by atoms with Crippen LogP contribution in [0.3, 0.4) is 0 Å². The van der Waals surface area contributed by atoms with Gasteiger partial charge in [0.05, 0.1) is 10.6 Å². The van der Waals surface area contributed by atoms with Crippen LogP contribution in [0.1, 0.15) is 38.8 Å². The summed E-state index contributed by atoms with van der Waals surface area (Å²) in [5.41, 5.74) is 5.20. The zero-order valence-electron chi connectivity index (χ0n) is 17.3. The van der Waals surface area contributed by atoms with E-state index < -0.39 is 10.8 Å². The molecule has 0 heterocycles. The van der Waals surface area contributed by atoms with Crippen LogP contribution in [0.15, 0.2) is 71.8 Å². The smallest absolute Gasteiger partial charge is 0.273 e. The average Bonchev–Trinajstić information content (AvgIpc) is 2.78. The van der Waals surface area contributed by atoms with Crippen LogP contribution >= 0.6 is 11.6 Å². The third-order valence-electron chi connectivity index (χ3n) is 4.66. The molecule has 3 aromatic rings. The molecular formula is C23H19ClN4O4. The van der Waals surface area contributed by atoms with E-state index in [1.54, 1.807) is 62.4 Å². The molecule has 0 fully saturated rings. The lowest BCUT2D eigenvalue weighted by molar-refractivity contribution is -0.385. The van der Waals surface area contributed by atoms with Crippen LogP contribution in [0.5, 0.6) is 0 Å². The summed E-state index contributed by atoms with van der Waals surface area (Å²) in [5, 5.41) is 18.4. The number of nitrogens with one attached hydrogen (secondary N) is 2. The molecule has 3 rings (SSSR count). The third kappa shape index (κ3) is 5.55. The molecule has 0 aliphatic rings. The van der Waals surface area contributed by atoms with Gasteiger partial charge < -0.3 is 5.32 Å². The van der Waals surface area contributed by atoms with Crippen molar-refractivity contribution in [3.63, 3.8) is 0 Å². The fourth-order valence-corrected chi connectivity index (χ4v) is 2.94. The Kier molecular flexibility index (Phi) is 6.97. The highest BCUT2D eigenvalue weighted by atomic mass is 35.5. The second-order valence-electron chi connectivity index (χ2n) is 6.93. The summed E-state index contributed by atoms with van der Waals surface area (Å²) in [6.45, 7) is 3.31. The Balaban J connectivity index is 1.65. The number of carbonyl (C=O) groups is 2. The number of benzene rings is 3. The van der Waals surface area contributed by atoms with Gasteiger partial charge in [0.1, 0.15) is 0 Å². The predicted molar refractivity (Wildman–Crippen MR) is 123 cm³/mol.